The monoisotopic (exact) mass is 373 g/mol. The fourth-order valence-corrected chi connectivity index (χ4v) is 2.72. The molecule has 0 radical (unpaired) electrons. The lowest BCUT2D eigenvalue weighted by molar-refractivity contribution is 0.209. The first-order chi connectivity index (χ1) is 12.7. The second kappa shape index (κ2) is 11.4. The van der Waals surface area contributed by atoms with E-state index < -0.39 is 0 Å². The summed E-state index contributed by atoms with van der Waals surface area (Å²) in [6, 6.07) is 1.76. The maximum absolute atomic E-state index is 5.81. The van der Waals surface area contributed by atoms with Crippen LogP contribution in [0.2, 0.25) is 0 Å². The van der Waals surface area contributed by atoms with Crippen LogP contribution in [-0.2, 0) is 0 Å². The van der Waals surface area contributed by atoms with Gasteiger partial charge < -0.3 is 20.7 Å². The average Bonchev–Trinajstić information content (AvgIpc) is 2.67. The van der Waals surface area contributed by atoms with Crippen molar-refractivity contribution in [1.29, 1.82) is 0 Å². The highest BCUT2D eigenvalue weighted by Gasteiger charge is 2.14. The zero-order valence-corrected chi connectivity index (χ0v) is 16.2. The largest absolute Gasteiger partial charge is 0.477 e. The van der Waals surface area contributed by atoms with Gasteiger partial charge in [-0.05, 0) is 69.6 Å². The molecule has 2 rings (SSSR count). The molecule has 26 heavy (non-hydrogen) atoms. The molecule has 1 saturated heterocycles. The highest BCUT2D eigenvalue weighted by molar-refractivity contribution is 7.80. The van der Waals surface area contributed by atoms with Crippen molar-refractivity contribution in [3.8, 4) is 5.88 Å². The number of nitrogens with zero attached hydrogens (tertiary/aromatic N) is 2. The molecule has 6 nitrogen and oxygen atoms in total. The van der Waals surface area contributed by atoms with Crippen LogP contribution in [0.15, 0.2) is 48.5 Å². The number of piperidine rings is 1. The summed E-state index contributed by atoms with van der Waals surface area (Å²) in [4.78, 5) is 8.34. The van der Waals surface area contributed by atoms with Crippen LogP contribution in [0.4, 0.5) is 5.82 Å². The number of aromatic nitrogens is 2. The molecule has 0 saturated carbocycles. The summed E-state index contributed by atoms with van der Waals surface area (Å²) in [5, 5.41) is 9.86. The standard InChI is InChI=1S/C19H27N5OS/c1-3-5-15(4-2)8-11-21-19(26)24-17-12-18(23-14-22-17)25-13-16-6-9-20-10-7-16/h3-5,8,11-12,14,16,20H,6-7,9-10,13H2,1-2H3,(H2,21,22,23,24,26)/b5-3-,11-8+,15-4+. The van der Waals surface area contributed by atoms with Gasteiger partial charge in [0.1, 0.15) is 12.1 Å². The summed E-state index contributed by atoms with van der Waals surface area (Å²) >= 11 is 5.28. The molecular weight excluding hydrogens is 346 g/mol. The molecule has 0 aromatic carbocycles. The molecule has 1 aliphatic rings. The van der Waals surface area contributed by atoms with Crippen LogP contribution in [0, 0.1) is 5.92 Å². The summed E-state index contributed by atoms with van der Waals surface area (Å²) in [5.74, 6) is 1.74. The molecule has 1 aliphatic heterocycles. The first kappa shape index (κ1) is 20.1. The molecule has 0 spiro atoms. The SMILES string of the molecule is C\C=C/C(/C=C/NC(=S)Nc1cc(OCC2CCNCC2)ncn1)=C\C. The Morgan fingerprint density at radius 2 is 2.12 bits per heavy atom. The predicted octanol–water partition coefficient (Wildman–Crippen LogP) is 3.18. The van der Waals surface area contributed by atoms with Crippen LogP contribution in [0.1, 0.15) is 26.7 Å². The third kappa shape index (κ3) is 7.33. The molecule has 0 unspecified atom stereocenters. The van der Waals surface area contributed by atoms with Gasteiger partial charge in [0, 0.05) is 12.3 Å². The molecule has 3 N–H and O–H groups in total. The van der Waals surface area contributed by atoms with Crippen molar-refractivity contribution in [2.75, 3.05) is 25.0 Å². The molecule has 2 heterocycles. The number of ether oxygens (including phenoxy) is 1. The molecule has 0 atom stereocenters. The highest BCUT2D eigenvalue weighted by atomic mass is 32.1. The van der Waals surface area contributed by atoms with E-state index in [2.05, 4.69) is 25.9 Å². The van der Waals surface area contributed by atoms with Crippen molar-refractivity contribution >= 4 is 23.1 Å². The van der Waals surface area contributed by atoms with Crippen molar-refractivity contribution < 1.29 is 4.74 Å². The Morgan fingerprint density at radius 1 is 1.31 bits per heavy atom. The van der Waals surface area contributed by atoms with Crippen LogP contribution in [0.5, 0.6) is 5.88 Å². The fourth-order valence-electron chi connectivity index (χ4n) is 2.54. The minimum atomic E-state index is 0.459. The van der Waals surface area contributed by atoms with Crippen LogP contribution in [0.25, 0.3) is 0 Å². The quantitative estimate of drug-likeness (QED) is 0.501. The Kier molecular flexibility index (Phi) is 8.78. The normalized spacial score (nSPS) is 16.2. The highest BCUT2D eigenvalue weighted by Crippen LogP contribution is 2.16. The lowest BCUT2D eigenvalue weighted by atomic mass is 9.99. The molecule has 1 fully saturated rings. The molecular formula is C19H27N5OS. The van der Waals surface area contributed by atoms with Crippen LogP contribution in [0.3, 0.4) is 0 Å². The van der Waals surface area contributed by atoms with E-state index in [4.69, 9.17) is 17.0 Å². The first-order valence-electron chi connectivity index (χ1n) is 8.90. The second-order valence-electron chi connectivity index (χ2n) is 5.97. The number of anilines is 1. The van der Waals surface area contributed by atoms with Crippen molar-refractivity contribution in [2.45, 2.75) is 26.7 Å². The number of rotatable bonds is 7. The summed E-state index contributed by atoms with van der Waals surface area (Å²) in [6.07, 6.45) is 13.5. The summed E-state index contributed by atoms with van der Waals surface area (Å²) in [5.41, 5.74) is 1.10. The second-order valence-corrected chi connectivity index (χ2v) is 6.37. The predicted molar refractivity (Wildman–Crippen MR) is 110 cm³/mol. The van der Waals surface area contributed by atoms with Crippen molar-refractivity contribution in [1.82, 2.24) is 20.6 Å². The number of hydrogen-bond acceptors (Lipinski definition) is 5. The minimum absolute atomic E-state index is 0.459. The van der Waals surface area contributed by atoms with Crippen molar-refractivity contribution in [3.05, 3.63) is 48.5 Å². The van der Waals surface area contributed by atoms with Gasteiger partial charge in [0.05, 0.1) is 6.61 Å². The number of allylic oxidation sites excluding steroid dienone is 5. The van der Waals surface area contributed by atoms with E-state index in [9.17, 15) is 0 Å². The van der Waals surface area contributed by atoms with E-state index in [1.54, 1.807) is 12.3 Å². The van der Waals surface area contributed by atoms with Gasteiger partial charge in [-0.15, -0.1) is 0 Å². The van der Waals surface area contributed by atoms with Gasteiger partial charge in [0.15, 0.2) is 5.11 Å². The Balaban J connectivity index is 1.81. The topological polar surface area (TPSA) is 71.1 Å². The molecule has 7 heteroatoms. The summed E-state index contributed by atoms with van der Waals surface area (Å²) in [7, 11) is 0. The maximum Gasteiger partial charge on any atom is 0.218 e. The van der Waals surface area contributed by atoms with Gasteiger partial charge in [-0.3, -0.25) is 0 Å². The van der Waals surface area contributed by atoms with E-state index in [-0.39, 0.29) is 0 Å². The van der Waals surface area contributed by atoms with E-state index in [0.29, 0.717) is 29.3 Å². The van der Waals surface area contributed by atoms with Gasteiger partial charge in [-0.1, -0.05) is 18.2 Å². The smallest absolute Gasteiger partial charge is 0.218 e. The Morgan fingerprint density at radius 3 is 2.85 bits per heavy atom. The van der Waals surface area contributed by atoms with Crippen molar-refractivity contribution in [2.24, 2.45) is 5.92 Å². The van der Waals surface area contributed by atoms with E-state index in [0.717, 1.165) is 31.5 Å². The summed E-state index contributed by atoms with van der Waals surface area (Å²) < 4.78 is 5.81. The van der Waals surface area contributed by atoms with Crippen LogP contribution < -0.4 is 20.7 Å². The van der Waals surface area contributed by atoms with Crippen molar-refractivity contribution in [3.63, 3.8) is 0 Å². The number of hydrogen-bond donors (Lipinski definition) is 3. The van der Waals surface area contributed by atoms with Gasteiger partial charge in [0.25, 0.3) is 0 Å². The number of nitrogens with one attached hydrogen (secondary N) is 3. The number of thiocarbonyl (C=S) groups is 1. The van der Waals surface area contributed by atoms with Crippen LogP contribution in [-0.4, -0.2) is 34.8 Å². The Bertz CT molecular complexity index is 666. The van der Waals surface area contributed by atoms with E-state index in [1.807, 2.05) is 38.2 Å². The Labute approximate surface area is 160 Å². The van der Waals surface area contributed by atoms with Gasteiger partial charge in [-0.2, -0.15) is 0 Å². The zero-order valence-electron chi connectivity index (χ0n) is 15.4. The lowest BCUT2D eigenvalue weighted by Crippen LogP contribution is -2.30. The maximum atomic E-state index is 5.81. The van der Waals surface area contributed by atoms with Crippen LogP contribution >= 0.6 is 12.2 Å². The Hall–Kier alpha value is -2.25. The summed E-state index contributed by atoms with van der Waals surface area (Å²) in [6.45, 7) is 6.77. The molecule has 1 aromatic heterocycles. The zero-order chi connectivity index (χ0) is 18.6. The molecule has 0 bridgehead atoms. The third-order valence-corrected chi connectivity index (χ3v) is 4.21. The van der Waals surface area contributed by atoms with Gasteiger partial charge in [-0.25, -0.2) is 9.97 Å². The first-order valence-corrected chi connectivity index (χ1v) is 9.30. The molecule has 0 amide bonds. The minimum Gasteiger partial charge on any atom is -0.477 e. The fraction of sp³-hybridized carbons (Fsp3) is 0.421. The average molecular weight is 374 g/mol. The molecule has 140 valence electrons. The third-order valence-electron chi connectivity index (χ3n) is 3.99. The lowest BCUT2D eigenvalue weighted by Gasteiger charge is -2.22. The molecule has 1 aromatic rings. The van der Waals surface area contributed by atoms with E-state index >= 15 is 0 Å². The van der Waals surface area contributed by atoms with Gasteiger partial charge >= 0.3 is 0 Å². The van der Waals surface area contributed by atoms with E-state index in [1.165, 1.54) is 6.33 Å². The van der Waals surface area contributed by atoms with Gasteiger partial charge in [0.2, 0.25) is 5.88 Å². The molecule has 0 aliphatic carbocycles.